The average molecular weight is 1460 g/mol. The van der Waals surface area contributed by atoms with E-state index < -0.39 is 146 Å². The first kappa shape index (κ1) is 74.3. The van der Waals surface area contributed by atoms with Crippen LogP contribution in [0.15, 0.2) is 48.5 Å². The van der Waals surface area contributed by atoms with Gasteiger partial charge in [0.15, 0.2) is 18.4 Å². The zero-order valence-electron chi connectivity index (χ0n) is 51.7. The number of hydrogen-bond acceptors (Lipinski definition) is 24. The zero-order chi connectivity index (χ0) is 69.5. The molecule has 0 unspecified atom stereocenters. The number of carbonyl (C=O) groups is 9. The van der Waals surface area contributed by atoms with Crippen molar-refractivity contribution >= 4 is 168 Å². The number of fused-ring (bicyclic) bond motifs is 4. The number of benzene rings is 4. The highest BCUT2D eigenvalue weighted by Crippen LogP contribution is 2.86. The summed E-state index contributed by atoms with van der Waals surface area (Å²) < 4.78 is 78.5. The van der Waals surface area contributed by atoms with Crippen molar-refractivity contribution in [2.75, 3.05) is 26.2 Å². The fourth-order valence-electron chi connectivity index (χ4n) is 11.8. The molecule has 6 aliphatic heterocycles. The van der Waals surface area contributed by atoms with Crippen LogP contribution in [0, 0.1) is 35.1 Å². The summed E-state index contributed by atoms with van der Waals surface area (Å²) in [6.07, 6.45) is 1.30. The van der Waals surface area contributed by atoms with Crippen LogP contribution >= 0.6 is 64.8 Å². The molecular formula is C60H67B4F4N5O18S6. The number of nitrogens with two attached hydrogens (primary N) is 1. The van der Waals surface area contributed by atoms with Crippen LogP contribution in [0.4, 0.5) is 17.6 Å². The summed E-state index contributed by atoms with van der Waals surface area (Å²) in [6, 6.07) is 8.06. The minimum Gasteiger partial charge on any atom is -0.481 e. The Bertz CT molecular complexity index is 3760. The molecule has 0 aromatic heterocycles. The van der Waals surface area contributed by atoms with E-state index in [2.05, 4.69) is 21.3 Å². The van der Waals surface area contributed by atoms with Crippen LogP contribution < -0.4 is 48.9 Å². The topological polar surface area (TPSA) is 366 Å². The smallest absolute Gasteiger partial charge is 0.481 e. The first-order chi connectivity index (χ1) is 46.3. The monoisotopic (exact) mass is 1460 g/mol. The normalized spacial score (nSPS) is 17.4. The van der Waals surface area contributed by atoms with Crippen molar-refractivity contribution in [2.45, 2.75) is 129 Å². The summed E-state index contributed by atoms with van der Waals surface area (Å²) in [6.45, 7) is -1.66. The maximum atomic E-state index is 15.3. The number of unbranched alkanes of at least 4 members (excludes halogenated alkanes) is 3. The van der Waals surface area contributed by atoms with Gasteiger partial charge in [-0.2, -0.15) is 0 Å². The maximum absolute atomic E-state index is 15.3. The van der Waals surface area contributed by atoms with E-state index in [4.69, 9.17) is 24.4 Å². The Labute approximate surface area is 580 Å². The third kappa shape index (κ3) is 17.9. The van der Waals surface area contributed by atoms with E-state index in [1.165, 1.54) is 67.4 Å². The number of carbonyl (C=O) groups excluding carboxylic acids is 8. The Morgan fingerprint density at radius 1 is 0.536 bits per heavy atom. The lowest BCUT2D eigenvalue weighted by molar-refractivity contribution is -0.144. The molecule has 23 nitrogen and oxygen atoms in total. The van der Waals surface area contributed by atoms with E-state index in [9.17, 15) is 81.5 Å². The molecule has 0 saturated carbocycles. The lowest BCUT2D eigenvalue weighted by atomic mass is 9.77. The molecule has 516 valence electrons. The van der Waals surface area contributed by atoms with Gasteiger partial charge in [0.1, 0.15) is 34.8 Å². The fourth-order valence-corrected chi connectivity index (χ4v) is 26.0. The summed E-state index contributed by atoms with van der Waals surface area (Å²) in [5.74, 6) is -12.6. The molecular weight excluding hydrogens is 1390 g/mol. The third-order valence-corrected chi connectivity index (χ3v) is 31.8. The van der Waals surface area contributed by atoms with Gasteiger partial charge in [-0.3, -0.25) is 43.2 Å². The predicted molar refractivity (Wildman–Crippen MR) is 364 cm³/mol. The number of nitrogens with one attached hydrogen (secondary N) is 4. The standard InChI is InChI=1S/C60H65B4F4N5O18S6.H2/c65-46-19-30(15-42-37(46)26-88-61(42)84)36(25-73-56(80)33-18-45-40(49(68)22-33)29-91-64(45)87)57(81)71-14-12-35(74)7-2-1-3-9-50(69)54(78)59(92-94-60(95-93-59)96-97-60)41(58(82)83)8-4-5-13-70-53(77)11-6-10-51(75)34(23-52(76)31-16-43-38(47(66)20-31)27-89-62(43)85)24-72-55(79)32-17-44-39(48(67)21-32)28-90-63(44)86;/h15-22,34,36,41,50,84-87H,1-14,23-29,69H2,(H,70,77)(H,71,81)(H,72,79)(H,73,80)(H,82,83);1H/t34-,36+,41-,50-;/m0./s1. The van der Waals surface area contributed by atoms with E-state index in [1.807, 2.05) is 0 Å². The van der Waals surface area contributed by atoms with Crippen molar-refractivity contribution in [3.05, 3.63) is 116 Å². The van der Waals surface area contributed by atoms with Gasteiger partial charge in [0.25, 0.3) is 11.8 Å². The number of hydrogen-bond donors (Lipinski definition) is 10. The van der Waals surface area contributed by atoms with E-state index in [-0.39, 0.29) is 167 Å². The maximum Gasteiger partial charge on any atom is 0.491 e. The van der Waals surface area contributed by atoms with Crippen LogP contribution in [0.5, 0.6) is 0 Å². The highest BCUT2D eigenvalue weighted by Gasteiger charge is 2.62. The minimum atomic E-state index is -1.49. The van der Waals surface area contributed by atoms with Crippen molar-refractivity contribution in [1.29, 1.82) is 0 Å². The van der Waals surface area contributed by atoms with E-state index >= 15 is 4.39 Å². The molecule has 37 heteroatoms. The quantitative estimate of drug-likeness (QED) is 0.00801. The number of rotatable bonds is 34. The van der Waals surface area contributed by atoms with Gasteiger partial charge in [-0.15, -0.1) is 0 Å². The van der Waals surface area contributed by atoms with Crippen molar-refractivity contribution in [3.63, 3.8) is 0 Å². The molecule has 1 spiro atoms. The highest BCUT2D eigenvalue weighted by atomic mass is 33.2. The Morgan fingerprint density at radius 3 is 1.58 bits per heavy atom. The SMILES string of the molecule is N[C@@H](CCCCCC(=O)CCNC(=O)[C@H](CNC(=O)c1cc(F)c2c(c1)B(O)OC2)c1cc(F)c2c(c1)B(O)OC2)C(=O)C1([C@@H](CCCCNC(=O)CCCC(=O)[C@H](CNC(=O)c2cc(F)c3c(c2)B(O)OC3)CC(=O)c2cc(F)c3c(c2)B(O)OC3)C(=O)O)SSC2(SS2)SS1.[HH]. The summed E-state index contributed by atoms with van der Waals surface area (Å²) in [5.41, 5.74) is 6.78. The number of amides is 4. The van der Waals surface area contributed by atoms with Crippen molar-refractivity contribution < 1.29 is 106 Å². The van der Waals surface area contributed by atoms with Crippen LogP contribution in [-0.2, 0) is 73.8 Å². The molecule has 4 aromatic carbocycles. The molecule has 4 atom stereocenters. The molecule has 2 saturated heterocycles. The van der Waals surface area contributed by atoms with Crippen LogP contribution in [0.1, 0.15) is 150 Å². The third-order valence-electron chi connectivity index (χ3n) is 17.4. The molecule has 4 amide bonds. The Balaban J connectivity index is 0.0000112. The van der Waals surface area contributed by atoms with Gasteiger partial charge in [0.2, 0.25) is 11.8 Å². The predicted octanol–water partition coefficient (Wildman–Crippen LogP) is 3.32. The van der Waals surface area contributed by atoms with Gasteiger partial charge in [-0.05, 0) is 139 Å². The zero-order valence-corrected chi connectivity index (χ0v) is 56.6. The first-order valence-electron chi connectivity index (χ1n) is 31.1. The number of carboxylic acids is 1. The molecule has 6 heterocycles. The van der Waals surface area contributed by atoms with Crippen LogP contribution in [0.3, 0.4) is 0 Å². The van der Waals surface area contributed by atoms with Crippen molar-refractivity contribution in [1.82, 2.24) is 21.3 Å². The molecule has 10 rings (SSSR count). The molecule has 4 aromatic rings. The number of halogens is 4. The number of carboxylic acid groups (broad SMARTS) is 1. The lowest BCUT2D eigenvalue weighted by Crippen LogP contribution is -2.51. The first-order valence-corrected chi connectivity index (χ1v) is 37.6. The van der Waals surface area contributed by atoms with Gasteiger partial charge in [-0.25, -0.2) is 17.6 Å². The molecule has 2 fully saturated rings. The second kappa shape index (κ2) is 33.0. The van der Waals surface area contributed by atoms with Crippen molar-refractivity contribution in [2.24, 2.45) is 17.6 Å². The van der Waals surface area contributed by atoms with Crippen LogP contribution in [0.2, 0.25) is 0 Å². The summed E-state index contributed by atoms with van der Waals surface area (Å²) in [5, 5.41) is 62.0. The van der Waals surface area contributed by atoms with E-state index in [0.717, 1.165) is 24.3 Å². The molecule has 0 radical (unpaired) electrons. The minimum absolute atomic E-state index is 0. The number of Topliss-reactive ketones (excluding diaryl/α,β-unsaturated/α-hetero) is 4. The Hall–Kier alpha value is -5.37. The van der Waals surface area contributed by atoms with E-state index in [1.54, 1.807) is 21.6 Å². The molecule has 0 aliphatic carbocycles. The molecule has 6 aliphatic rings. The highest BCUT2D eigenvalue weighted by molar-refractivity contribution is 9.14. The second-order valence-corrected chi connectivity index (χ2v) is 33.5. The Morgan fingerprint density at radius 2 is 1.03 bits per heavy atom. The fraction of sp³-hybridized carbons (Fsp3) is 0.450. The van der Waals surface area contributed by atoms with Gasteiger partial charge in [0, 0.05) is 105 Å². The van der Waals surface area contributed by atoms with Crippen LogP contribution in [0.25, 0.3) is 0 Å². The van der Waals surface area contributed by atoms with Crippen LogP contribution in [-0.4, -0.2) is 145 Å². The summed E-state index contributed by atoms with van der Waals surface area (Å²) in [7, 11) is 2.53. The van der Waals surface area contributed by atoms with Gasteiger partial charge >= 0.3 is 34.4 Å². The Kier molecular flexibility index (Phi) is 25.3. The molecule has 11 N–H and O–H groups in total. The van der Waals surface area contributed by atoms with Crippen molar-refractivity contribution in [3.8, 4) is 0 Å². The van der Waals surface area contributed by atoms with Gasteiger partial charge in [0.05, 0.1) is 44.3 Å². The lowest BCUT2D eigenvalue weighted by Gasteiger charge is -2.40. The van der Waals surface area contributed by atoms with Gasteiger partial charge < -0.3 is 70.8 Å². The summed E-state index contributed by atoms with van der Waals surface area (Å²) in [4.78, 5) is 121. The van der Waals surface area contributed by atoms with Gasteiger partial charge in [-0.1, -0.05) is 53.0 Å². The average Bonchev–Trinajstić information content (AvgIpc) is 1.53. The number of ketones is 4. The summed E-state index contributed by atoms with van der Waals surface area (Å²) >= 11 is 0. The molecule has 97 heavy (non-hydrogen) atoms. The van der Waals surface area contributed by atoms with E-state index in [0.29, 0.717) is 25.7 Å². The molecule has 0 bridgehead atoms. The number of aliphatic carboxylic acids is 1. The largest absolute Gasteiger partial charge is 0.491 e. The second-order valence-electron chi connectivity index (χ2n) is 24.0.